The van der Waals surface area contributed by atoms with Crippen molar-refractivity contribution in [1.82, 2.24) is 10.2 Å². The van der Waals surface area contributed by atoms with Crippen LogP contribution < -0.4 is 11.1 Å². The topological polar surface area (TPSA) is 87.8 Å². The molecule has 0 spiro atoms. The normalized spacial score (nSPS) is 26.1. The number of nitrogens with one attached hydrogen (secondary N) is 1. The molecule has 0 bridgehead atoms. The van der Waals surface area contributed by atoms with Gasteiger partial charge in [0.1, 0.15) is 0 Å². The third-order valence-corrected chi connectivity index (χ3v) is 4.13. The van der Waals surface area contributed by atoms with Crippen LogP contribution in [0.1, 0.15) is 0 Å². The van der Waals surface area contributed by atoms with E-state index in [0.29, 0.717) is 11.4 Å². The van der Waals surface area contributed by atoms with Gasteiger partial charge in [0, 0.05) is 38.9 Å². The summed E-state index contributed by atoms with van der Waals surface area (Å²) in [7, 11) is -3.44. The molecular weight excluding hydrogens is 216 g/mol. The molecule has 2 aliphatic rings. The molecule has 2 rings (SSSR count). The molecule has 0 amide bonds. The predicted octanol–water partition coefficient (Wildman–Crippen LogP) is -1.52. The van der Waals surface area contributed by atoms with Gasteiger partial charge in [-0.3, -0.25) is 4.90 Å². The highest BCUT2D eigenvalue weighted by Gasteiger charge is 2.28. The average molecular weight is 230 g/mol. The minimum absolute atomic E-state index is 0.285. The van der Waals surface area contributed by atoms with Crippen LogP contribution in [-0.2, 0) is 9.84 Å². The molecular formula is C8H14N4O2S. The molecule has 0 aromatic heterocycles. The monoisotopic (exact) mass is 230 g/mol. The molecule has 84 valence electrons. The lowest BCUT2D eigenvalue weighted by atomic mass is 10.3. The Labute approximate surface area is 88.8 Å². The van der Waals surface area contributed by atoms with E-state index in [1.807, 2.05) is 0 Å². The Kier molecular flexibility index (Phi) is 2.76. The zero-order valence-electron chi connectivity index (χ0n) is 8.31. The highest BCUT2D eigenvalue weighted by molar-refractivity contribution is 8.09. The second-order valence-corrected chi connectivity index (χ2v) is 5.54. The summed E-state index contributed by atoms with van der Waals surface area (Å²) in [6, 6.07) is 0. The van der Waals surface area contributed by atoms with Crippen LogP contribution in [0.25, 0.3) is 0 Å². The van der Waals surface area contributed by atoms with Gasteiger partial charge in [0.15, 0.2) is 0 Å². The lowest BCUT2D eigenvalue weighted by Gasteiger charge is -2.27. The largest absolute Gasteiger partial charge is 0.374 e. The first-order valence-corrected chi connectivity index (χ1v) is 6.29. The van der Waals surface area contributed by atoms with Crippen molar-refractivity contribution in [1.29, 1.82) is 0 Å². The zero-order valence-corrected chi connectivity index (χ0v) is 9.13. The third kappa shape index (κ3) is 2.04. The molecule has 0 aromatic carbocycles. The van der Waals surface area contributed by atoms with E-state index in [0.717, 1.165) is 26.2 Å². The van der Waals surface area contributed by atoms with Crippen LogP contribution in [0.3, 0.4) is 0 Å². The van der Waals surface area contributed by atoms with E-state index in [4.69, 9.17) is 5.73 Å². The van der Waals surface area contributed by atoms with E-state index in [2.05, 4.69) is 15.2 Å². The fourth-order valence-electron chi connectivity index (χ4n) is 1.62. The maximum Gasteiger partial charge on any atom is 0.238 e. The summed E-state index contributed by atoms with van der Waals surface area (Å²) in [5.41, 5.74) is 5.29. The van der Waals surface area contributed by atoms with Crippen molar-refractivity contribution in [2.24, 2.45) is 10.7 Å². The molecule has 1 fully saturated rings. The number of hydrogen-bond acceptors (Lipinski definition) is 6. The van der Waals surface area contributed by atoms with Crippen molar-refractivity contribution in [3.63, 3.8) is 0 Å². The van der Waals surface area contributed by atoms with Crippen molar-refractivity contribution in [3.05, 3.63) is 11.1 Å². The molecule has 0 atom stereocenters. The third-order valence-electron chi connectivity index (χ3n) is 2.55. The van der Waals surface area contributed by atoms with Gasteiger partial charge < -0.3 is 11.1 Å². The number of nitrogens with two attached hydrogens (primary N) is 1. The summed E-state index contributed by atoms with van der Waals surface area (Å²) < 4.78 is 23.2. The second-order valence-electron chi connectivity index (χ2n) is 3.59. The van der Waals surface area contributed by atoms with E-state index in [-0.39, 0.29) is 5.17 Å². The van der Waals surface area contributed by atoms with Crippen molar-refractivity contribution in [2.75, 3.05) is 32.7 Å². The molecule has 15 heavy (non-hydrogen) atoms. The Balaban J connectivity index is 2.02. The van der Waals surface area contributed by atoms with Crippen molar-refractivity contribution >= 4 is 15.0 Å². The lowest BCUT2D eigenvalue weighted by Crippen LogP contribution is -2.44. The molecule has 0 saturated carbocycles. The van der Waals surface area contributed by atoms with Gasteiger partial charge in [0.05, 0.1) is 4.91 Å². The summed E-state index contributed by atoms with van der Waals surface area (Å²) in [4.78, 5) is 6.02. The van der Waals surface area contributed by atoms with Gasteiger partial charge in [0.2, 0.25) is 15.0 Å². The number of rotatable bonds is 2. The summed E-state index contributed by atoms with van der Waals surface area (Å²) in [5, 5.41) is 2.92. The van der Waals surface area contributed by atoms with E-state index in [1.54, 1.807) is 0 Å². The summed E-state index contributed by atoms with van der Waals surface area (Å²) in [6.45, 7) is 3.90. The number of sulfone groups is 1. The Morgan fingerprint density at radius 2 is 2.13 bits per heavy atom. The molecule has 0 aliphatic carbocycles. The van der Waals surface area contributed by atoms with Gasteiger partial charge in [-0.25, -0.2) is 13.4 Å². The molecule has 2 aliphatic heterocycles. The number of piperazine rings is 1. The zero-order chi connectivity index (χ0) is 10.9. The first kappa shape index (κ1) is 10.6. The van der Waals surface area contributed by atoms with Gasteiger partial charge in [-0.2, -0.15) is 0 Å². The summed E-state index contributed by atoms with van der Waals surface area (Å²) >= 11 is 0. The average Bonchev–Trinajstić information content (AvgIpc) is 2.47. The number of hydrogen-bond donors (Lipinski definition) is 2. The Bertz CT molecular complexity index is 406. The molecule has 0 unspecified atom stereocenters. The number of amidine groups is 1. The quantitative estimate of drug-likeness (QED) is 0.601. The second kappa shape index (κ2) is 3.92. The van der Waals surface area contributed by atoms with E-state index in [1.165, 1.54) is 6.20 Å². The van der Waals surface area contributed by atoms with Crippen LogP contribution in [0.5, 0.6) is 0 Å². The number of nitrogens with zero attached hydrogens (tertiary/aromatic N) is 2. The predicted molar refractivity (Wildman–Crippen MR) is 57.9 cm³/mol. The molecule has 3 N–H and O–H groups in total. The fraction of sp³-hybridized carbons (Fsp3) is 0.625. The SMILES string of the molecule is NC1=NC=C(CN2CCNCC2)S1(=O)=O. The maximum absolute atomic E-state index is 11.6. The van der Waals surface area contributed by atoms with E-state index >= 15 is 0 Å². The van der Waals surface area contributed by atoms with E-state index < -0.39 is 9.84 Å². The van der Waals surface area contributed by atoms with Crippen LogP contribution in [0.2, 0.25) is 0 Å². The molecule has 6 nitrogen and oxygen atoms in total. The highest BCUT2D eigenvalue weighted by Crippen LogP contribution is 2.16. The van der Waals surface area contributed by atoms with Gasteiger partial charge in [-0.1, -0.05) is 0 Å². The smallest absolute Gasteiger partial charge is 0.238 e. The van der Waals surface area contributed by atoms with Gasteiger partial charge in [0.25, 0.3) is 0 Å². The van der Waals surface area contributed by atoms with Crippen LogP contribution in [-0.4, -0.2) is 51.2 Å². The minimum atomic E-state index is -3.44. The van der Waals surface area contributed by atoms with Crippen molar-refractivity contribution in [3.8, 4) is 0 Å². The molecule has 1 saturated heterocycles. The standard InChI is InChI=1S/C8H14N4O2S/c9-8-11-5-7(15(8,13)14)6-12-3-1-10-2-4-12/h5,10H,1-4,6H2,(H2,9,11). The number of aliphatic imine (C=N–C) groups is 1. The maximum atomic E-state index is 11.6. The molecule has 0 aromatic rings. The van der Waals surface area contributed by atoms with Crippen LogP contribution in [0.15, 0.2) is 16.1 Å². The fourth-order valence-corrected chi connectivity index (χ4v) is 2.63. The molecule has 0 radical (unpaired) electrons. The lowest BCUT2D eigenvalue weighted by molar-refractivity contribution is 0.262. The van der Waals surface area contributed by atoms with E-state index in [9.17, 15) is 8.42 Å². The van der Waals surface area contributed by atoms with Crippen LogP contribution >= 0.6 is 0 Å². The summed E-state index contributed by atoms with van der Waals surface area (Å²) in [6.07, 6.45) is 1.35. The highest BCUT2D eigenvalue weighted by atomic mass is 32.2. The summed E-state index contributed by atoms with van der Waals surface area (Å²) in [5.74, 6) is 0. The molecule has 2 heterocycles. The molecule has 7 heteroatoms. The Hall–Kier alpha value is -0.920. The van der Waals surface area contributed by atoms with Crippen LogP contribution in [0.4, 0.5) is 0 Å². The minimum Gasteiger partial charge on any atom is -0.374 e. The van der Waals surface area contributed by atoms with Gasteiger partial charge >= 0.3 is 0 Å². The first-order chi connectivity index (χ1) is 7.10. The van der Waals surface area contributed by atoms with Gasteiger partial charge in [-0.05, 0) is 0 Å². The van der Waals surface area contributed by atoms with Crippen molar-refractivity contribution in [2.45, 2.75) is 0 Å². The van der Waals surface area contributed by atoms with Crippen molar-refractivity contribution < 1.29 is 8.42 Å². The Morgan fingerprint density at radius 1 is 1.47 bits per heavy atom. The first-order valence-electron chi connectivity index (χ1n) is 4.81. The van der Waals surface area contributed by atoms with Gasteiger partial charge in [-0.15, -0.1) is 0 Å². The van der Waals surface area contributed by atoms with Crippen LogP contribution in [0, 0.1) is 0 Å². The Morgan fingerprint density at radius 3 is 2.67 bits per heavy atom.